The molecule has 0 bridgehead atoms. The van der Waals surface area contributed by atoms with Crippen molar-refractivity contribution in [3.05, 3.63) is 0 Å². The smallest absolute Gasteiger partial charge is 0.0650 e. The first-order chi connectivity index (χ1) is 6.71. The third-order valence-electron chi connectivity index (χ3n) is 4.85. The second kappa shape index (κ2) is 4.12. The highest BCUT2D eigenvalue weighted by Crippen LogP contribution is 2.73. The molecule has 1 aliphatic carbocycles. The van der Waals surface area contributed by atoms with Crippen LogP contribution in [0.3, 0.4) is 0 Å². The lowest BCUT2D eigenvalue weighted by Gasteiger charge is -2.23. The fraction of sp³-hybridized carbons (Fsp3) is 1.00. The van der Waals surface area contributed by atoms with Crippen LogP contribution in [0, 0.1) is 11.8 Å². The van der Waals surface area contributed by atoms with E-state index in [0.29, 0.717) is 0 Å². The van der Waals surface area contributed by atoms with E-state index in [2.05, 4.69) is 20.5 Å². The zero-order chi connectivity index (χ0) is 10.2. The van der Waals surface area contributed by atoms with Crippen LogP contribution in [0.15, 0.2) is 0 Å². The van der Waals surface area contributed by atoms with Crippen molar-refractivity contribution in [3.8, 4) is 0 Å². The third kappa shape index (κ3) is 1.64. The molecule has 0 N–H and O–H groups in total. The number of hydrogen-bond donors (Lipinski definition) is 0. The Hall–Kier alpha value is 0.430. The van der Waals surface area contributed by atoms with E-state index in [-0.39, 0.29) is 0 Å². The van der Waals surface area contributed by atoms with E-state index in [4.69, 9.17) is 0 Å². The van der Waals surface area contributed by atoms with Gasteiger partial charge in [-0.25, -0.2) is 0 Å². The summed E-state index contributed by atoms with van der Waals surface area (Å²) in [5.74, 6) is 2.28. The molecule has 14 heavy (non-hydrogen) atoms. The number of fused-ring (bicyclic) bond motifs is 1. The van der Waals surface area contributed by atoms with Crippen molar-refractivity contribution in [2.75, 3.05) is 19.0 Å². The topological polar surface area (TPSA) is 0 Å². The maximum absolute atomic E-state index is 2.69. The molecule has 1 aliphatic heterocycles. The summed E-state index contributed by atoms with van der Waals surface area (Å²) in [6, 6.07) is 0. The maximum atomic E-state index is 2.69. The van der Waals surface area contributed by atoms with Gasteiger partial charge in [0.2, 0.25) is 0 Å². The van der Waals surface area contributed by atoms with Crippen LogP contribution in [-0.2, 0) is 0 Å². The molecule has 1 saturated carbocycles. The molecule has 1 heterocycles. The van der Waals surface area contributed by atoms with Gasteiger partial charge in [-0.1, -0.05) is 13.8 Å². The Morgan fingerprint density at radius 2 is 2.00 bits per heavy atom. The number of rotatable bonds is 3. The van der Waals surface area contributed by atoms with Gasteiger partial charge in [-0.05, 0) is 38.0 Å². The molecule has 1 heteroatoms. The molecule has 4 unspecified atom stereocenters. The van der Waals surface area contributed by atoms with Crippen molar-refractivity contribution in [1.29, 1.82) is 0 Å². The number of hydrogen-bond acceptors (Lipinski definition) is 0. The Kier molecular flexibility index (Phi) is 3.22. The first-order valence-electron chi connectivity index (χ1n) is 6.55. The molecule has 0 radical (unpaired) electrons. The van der Waals surface area contributed by atoms with Gasteiger partial charge >= 0.3 is 0 Å². The first kappa shape index (κ1) is 10.9. The lowest BCUT2D eigenvalue weighted by molar-refractivity contribution is 0.390. The van der Waals surface area contributed by atoms with Gasteiger partial charge in [-0.15, -0.1) is 0 Å². The second-order valence-electron chi connectivity index (χ2n) is 5.72. The zero-order valence-electron chi connectivity index (χ0n) is 10.1. The second-order valence-corrected chi connectivity index (χ2v) is 10.2. The molecule has 2 rings (SSSR count). The Morgan fingerprint density at radius 1 is 1.21 bits per heavy atom. The molecule has 0 nitrogen and oxygen atoms in total. The van der Waals surface area contributed by atoms with Crippen LogP contribution >= 0.6 is 7.26 Å². The van der Waals surface area contributed by atoms with E-state index in [1.54, 1.807) is 31.6 Å². The lowest BCUT2D eigenvalue weighted by Crippen LogP contribution is -2.14. The fourth-order valence-electron chi connectivity index (χ4n) is 4.30. The van der Waals surface area contributed by atoms with Crippen LogP contribution in [-0.4, -0.2) is 24.6 Å². The van der Waals surface area contributed by atoms with Gasteiger partial charge in [0, 0.05) is 19.8 Å². The minimum Gasteiger partial charge on any atom is -0.0650 e. The first-order valence-corrected chi connectivity index (χ1v) is 9.23. The van der Waals surface area contributed by atoms with E-state index in [1.807, 2.05) is 0 Å². The Labute approximate surface area is 90.2 Å². The SMILES string of the molecule is CCC[P+]1(C)CC(CC)C2CCCC21. The van der Waals surface area contributed by atoms with E-state index >= 15 is 0 Å². The van der Waals surface area contributed by atoms with Gasteiger partial charge < -0.3 is 0 Å². The minimum atomic E-state index is -0.496. The maximum Gasteiger partial charge on any atom is 0.0727 e. The third-order valence-corrected chi connectivity index (χ3v) is 9.86. The summed E-state index contributed by atoms with van der Waals surface area (Å²) in [4.78, 5) is 0. The standard InChI is InChI=1S/C13H26P/c1-4-9-14(3)10-11(5-2)12-7-6-8-13(12)14/h11-13H,4-10H2,1-3H3/q+1. The van der Waals surface area contributed by atoms with Crippen molar-refractivity contribution in [1.82, 2.24) is 0 Å². The predicted molar refractivity (Wildman–Crippen MR) is 67.8 cm³/mol. The average Bonchev–Trinajstić information content (AvgIpc) is 2.70. The molecular formula is C13H26P+. The molecule has 0 aromatic carbocycles. The normalized spacial score (nSPS) is 46.9. The van der Waals surface area contributed by atoms with Crippen molar-refractivity contribution < 1.29 is 0 Å². The molecule has 2 aliphatic rings. The molecule has 2 fully saturated rings. The summed E-state index contributed by atoms with van der Waals surface area (Å²) in [5.41, 5.74) is 1.20. The van der Waals surface area contributed by atoms with E-state index in [0.717, 1.165) is 11.8 Å². The largest absolute Gasteiger partial charge is 0.0727 e. The monoisotopic (exact) mass is 213 g/mol. The highest BCUT2D eigenvalue weighted by molar-refractivity contribution is 7.76. The predicted octanol–water partition coefficient (Wildman–Crippen LogP) is 4.25. The van der Waals surface area contributed by atoms with E-state index in [1.165, 1.54) is 18.5 Å². The van der Waals surface area contributed by atoms with Gasteiger partial charge in [-0.2, -0.15) is 0 Å². The molecule has 82 valence electrons. The van der Waals surface area contributed by atoms with Gasteiger partial charge in [-0.3, -0.25) is 0 Å². The van der Waals surface area contributed by atoms with Crippen molar-refractivity contribution in [2.45, 2.75) is 51.6 Å². The molecular weight excluding hydrogens is 187 g/mol. The van der Waals surface area contributed by atoms with Gasteiger partial charge in [0.05, 0.1) is 18.0 Å². The quantitative estimate of drug-likeness (QED) is 0.615. The minimum absolute atomic E-state index is 0.496. The van der Waals surface area contributed by atoms with Crippen LogP contribution in [0.1, 0.15) is 46.0 Å². The van der Waals surface area contributed by atoms with Gasteiger partial charge in [0.1, 0.15) is 0 Å². The van der Waals surface area contributed by atoms with Crippen LogP contribution < -0.4 is 0 Å². The summed E-state index contributed by atoms with van der Waals surface area (Å²) in [6.07, 6.45) is 10.8. The summed E-state index contributed by atoms with van der Waals surface area (Å²) >= 11 is 0. The zero-order valence-corrected chi connectivity index (χ0v) is 11.0. The van der Waals surface area contributed by atoms with Crippen molar-refractivity contribution in [3.63, 3.8) is 0 Å². The summed E-state index contributed by atoms with van der Waals surface area (Å²) < 4.78 is 0. The van der Waals surface area contributed by atoms with Crippen LogP contribution in [0.4, 0.5) is 0 Å². The average molecular weight is 213 g/mol. The Bertz CT molecular complexity index is 201. The van der Waals surface area contributed by atoms with Crippen LogP contribution in [0.2, 0.25) is 0 Å². The highest BCUT2D eigenvalue weighted by Gasteiger charge is 2.56. The molecule has 0 amide bonds. The van der Waals surface area contributed by atoms with E-state index < -0.39 is 7.26 Å². The van der Waals surface area contributed by atoms with Crippen LogP contribution in [0.25, 0.3) is 0 Å². The molecule has 4 atom stereocenters. The van der Waals surface area contributed by atoms with Crippen LogP contribution in [0.5, 0.6) is 0 Å². The Balaban J connectivity index is 2.13. The summed E-state index contributed by atoms with van der Waals surface area (Å²) in [7, 11) is -0.496. The van der Waals surface area contributed by atoms with Crippen molar-refractivity contribution >= 4 is 7.26 Å². The summed E-state index contributed by atoms with van der Waals surface area (Å²) in [5, 5.41) is 0. The molecule has 0 aromatic rings. The molecule has 0 aromatic heterocycles. The molecule has 0 spiro atoms. The lowest BCUT2D eigenvalue weighted by atomic mass is 9.91. The van der Waals surface area contributed by atoms with E-state index in [9.17, 15) is 0 Å². The summed E-state index contributed by atoms with van der Waals surface area (Å²) in [6.45, 7) is 7.49. The Morgan fingerprint density at radius 3 is 2.64 bits per heavy atom. The highest BCUT2D eigenvalue weighted by atomic mass is 31.2. The van der Waals surface area contributed by atoms with Gasteiger partial charge in [0.15, 0.2) is 0 Å². The van der Waals surface area contributed by atoms with Crippen molar-refractivity contribution in [2.24, 2.45) is 11.8 Å². The van der Waals surface area contributed by atoms with Gasteiger partial charge in [0.25, 0.3) is 0 Å². The molecule has 1 saturated heterocycles. The fourth-order valence-corrected chi connectivity index (χ4v) is 9.83.